The summed E-state index contributed by atoms with van der Waals surface area (Å²) in [6.45, 7) is 4.18. The first-order valence-electron chi connectivity index (χ1n) is 12.6. The summed E-state index contributed by atoms with van der Waals surface area (Å²) in [5.74, 6) is 0.913. The van der Waals surface area contributed by atoms with Gasteiger partial charge in [-0.05, 0) is 52.2 Å². The highest BCUT2D eigenvalue weighted by Crippen LogP contribution is 2.25. The van der Waals surface area contributed by atoms with Gasteiger partial charge in [0.1, 0.15) is 5.75 Å². The minimum atomic E-state index is -0.121. The van der Waals surface area contributed by atoms with Gasteiger partial charge in [0, 0.05) is 43.3 Å². The second-order valence-corrected chi connectivity index (χ2v) is 9.76. The van der Waals surface area contributed by atoms with Crippen LogP contribution in [0.3, 0.4) is 0 Å². The standard InChI is InChI=1S/C31H31ClN2O3/c1-36-27-9-4-6-23(20-27)22-37-30(25-12-14-26(32)15-13-25)21-33-16-18-34(19-17-33)31(35)29-11-5-8-24-7-2-3-10-28(24)29/h2-15,20,30H,16-19,21-22H2,1H3/t30-/m0/s1. The van der Waals surface area contributed by atoms with Crippen LogP contribution >= 0.6 is 11.6 Å². The zero-order valence-corrected chi connectivity index (χ0v) is 21.7. The second-order valence-electron chi connectivity index (χ2n) is 9.32. The van der Waals surface area contributed by atoms with Crippen LogP contribution < -0.4 is 4.74 Å². The van der Waals surface area contributed by atoms with Crippen molar-refractivity contribution < 1.29 is 14.3 Å². The predicted molar refractivity (Wildman–Crippen MR) is 148 cm³/mol. The Balaban J connectivity index is 1.24. The molecule has 4 aromatic carbocycles. The van der Waals surface area contributed by atoms with Crippen molar-refractivity contribution in [1.29, 1.82) is 0 Å². The number of benzene rings is 4. The third-order valence-corrected chi connectivity index (χ3v) is 7.18. The lowest BCUT2D eigenvalue weighted by molar-refractivity contribution is 0.00340. The number of fused-ring (bicyclic) bond motifs is 1. The number of ether oxygens (including phenoxy) is 2. The number of hydrogen-bond donors (Lipinski definition) is 0. The summed E-state index contributed by atoms with van der Waals surface area (Å²) < 4.78 is 11.8. The third-order valence-electron chi connectivity index (χ3n) is 6.93. The molecule has 190 valence electrons. The number of nitrogens with zero attached hydrogens (tertiary/aromatic N) is 2. The van der Waals surface area contributed by atoms with E-state index in [0.717, 1.165) is 52.8 Å². The first-order valence-corrected chi connectivity index (χ1v) is 13.0. The Morgan fingerprint density at radius 1 is 0.892 bits per heavy atom. The maximum absolute atomic E-state index is 13.4. The monoisotopic (exact) mass is 514 g/mol. The van der Waals surface area contributed by atoms with Crippen LogP contribution in [0, 0.1) is 0 Å². The molecule has 1 aliphatic heterocycles. The van der Waals surface area contributed by atoms with E-state index in [1.165, 1.54) is 0 Å². The largest absolute Gasteiger partial charge is 0.497 e. The molecule has 0 unspecified atom stereocenters. The van der Waals surface area contributed by atoms with E-state index in [-0.39, 0.29) is 12.0 Å². The van der Waals surface area contributed by atoms with Crippen molar-refractivity contribution in [3.05, 3.63) is 113 Å². The van der Waals surface area contributed by atoms with Crippen molar-refractivity contribution in [2.75, 3.05) is 39.8 Å². The number of hydrogen-bond acceptors (Lipinski definition) is 4. The first-order chi connectivity index (χ1) is 18.1. The molecule has 5 rings (SSSR count). The SMILES string of the molecule is COc1cccc(CO[C@@H](CN2CCN(C(=O)c3cccc4ccccc34)CC2)c2ccc(Cl)cc2)c1. The van der Waals surface area contributed by atoms with Gasteiger partial charge in [0.2, 0.25) is 0 Å². The first kappa shape index (κ1) is 25.3. The van der Waals surface area contributed by atoms with Crippen molar-refractivity contribution in [1.82, 2.24) is 9.80 Å². The van der Waals surface area contributed by atoms with Gasteiger partial charge in [0.05, 0.1) is 19.8 Å². The summed E-state index contributed by atoms with van der Waals surface area (Å²) in [6, 6.07) is 29.8. The number of methoxy groups -OCH3 is 1. The van der Waals surface area contributed by atoms with Gasteiger partial charge in [-0.1, -0.05) is 72.3 Å². The number of carbonyl (C=O) groups excluding carboxylic acids is 1. The zero-order valence-electron chi connectivity index (χ0n) is 21.0. The molecule has 1 saturated heterocycles. The van der Waals surface area contributed by atoms with Crippen LogP contribution in [0.15, 0.2) is 91.0 Å². The summed E-state index contributed by atoms with van der Waals surface area (Å²) in [4.78, 5) is 17.7. The molecule has 0 saturated carbocycles. The highest BCUT2D eigenvalue weighted by atomic mass is 35.5. The van der Waals surface area contributed by atoms with Gasteiger partial charge in [-0.2, -0.15) is 0 Å². The molecule has 37 heavy (non-hydrogen) atoms. The van der Waals surface area contributed by atoms with Crippen LogP contribution in [0.25, 0.3) is 10.8 Å². The van der Waals surface area contributed by atoms with E-state index in [1.807, 2.05) is 95.9 Å². The van der Waals surface area contributed by atoms with E-state index in [0.29, 0.717) is 24.7 Å². The number of amides is 1. The maximum atomic E-state index is 13.4. The number of carbonyl (C=O) groups is 1. The van der Waals surface area contributed by atoms with E-state index < -0.39 is 0 Å². The molecule has 6 heteroatoms. The van der Waals surface area contributed by atoms with Crippen molar-refractivity contribution in [3.63, 3.8) is 0 Å². The average Bonchev–Trinajstić information content (AvgIpc) is 2.95. The zero-order chi connectivity index (χ0) is 25.6. The Labute approximate surface area is 223 Å². The lowest BCUT2D eigenvalue weighted by Gasteiger charge is -2.36. The molecule has 4 aromatic rings. The van der Waals surface area contributed by atoms with Crippen LogP contribution in [0.5, 0.6) is 5.75 Å². The fourth-order valence-corrected chi connectivity index (χ4v) is 4.97. The van der Waals surface area contributed by atoms with Crippen molar-refractivity contribution in [2.45, 2.75) is 12.7 Å². The minimum absolute atomic E-state index is 0.0972. The molecule has 1 heterocycles. The molecule has 0 bridgehead atoms. The number of halogens is 1. The molecule has 5 nitrogen and oxygen atoms in total. The molecule has 1 atom stereocenters. The highest BCUT2D eigenvalue weighted by Gasteiger charge is 2.25. The summed E-state index contributed by atoms with van der Waals surface area (Å²) in [5, 5.41) is 2.80. The summed E-state index contributed by atoms with van der Waals surface area (Å²) in [7, 11) is 1.67. The molecule has 1 amide bonds. The molecule has 0 spiro atoms. The quantitative estimate of drug-likeness (QED) is 0.280. The summed E-state index contributed by atoms with van der Waals surface area (Å²) >= 11 is 6.14. The minimum Gasteiger partial charge on any atom is -0.497 e. The Morgan fingerprint density at radius 3 is 2.41 bits per heavy atom. The Bertz CT molecular complexity index is 1340. The van der Waals surface area contributed by atoms with E-state index in [9.17, 15) is 4.79 Å². The molecule has 1 fully saturated rings. The second kappa shape index (κ2) is 11.8. The molecule has 0 aromatic heterocycles. The average molecular weight is 515 g/mol. The topological polar surface area (TPSA) is 42.0 Å². The Morgan fingerprint density at radius 2 is 1.62 bits per heavy atom. The molecule has 0 aliphatic carbocycles. The van der Waals surface area contributed by atoms with Crippen LogP contribution in [0.4, 0.5) is 0 Å². The van der Waals surface area contributed by atoms with Crippen LogP contribution in [0.1, 0.15) is 27.6 Å². The van der Waals surface area contributed by atoms with Gasteiger partial charge in [-0.25, -0.2) is 0 Å². The fraction of sp³-hybridized carbons (Fsp3) is 0.258. The number of rotatable bonds is 8. The molecular formula is C31H31ClN2O3. The number of piperazine rings is 1. The van der Waals surface area contributed by atoms with E-state index >= 15 is 0 Å². The van der Waals surface area contributed by atoms with Gasteiger partial charge in [0.25, 0.3) is 5.91 Å². The molecule has 1 aliphatic rings. The van der Waals surface area contributed by atoms with E-state index in [2.05, 4.69) is 4.90 Å². The van der Waals surface area contributed by atoms with Crippen molar-refractivity contribution in [3.8, 4) is 5.75 Å². The van der Waals surface area contributed by atoms with Crippen molar-refractivity contribution >= 4 is 28.3 Å². The lowest BCUT2D eigenvalue weighted by Crippen LogP contribution is -2.49. The summed E-state index contributed by atoms with van der Waals surface area (Å²) in [6.07, 6.45) is -0.121. The normalized spacial score (nSPS) is 15.0. The van der Waals surface area contributed by atoms with Crippen LogP contribution in [-0.4, -0.2) is 55.5 Å². The van der Waals surface area contributed by atoms with Gasteiger partial charge >= 0.3 is 0 Å². The maximum Gasteiger partial charge on any atom is 0.254 e. The predicted octanol–water partition coefficient (Wildman–Crippen LogP) is 6.22. The Hall–Kier alpha value is -3.38. The molecule has 0 N–H and O–H groups in total. The van der Waals surface area contributed by atoms with Gasteiger partial charge in [-0.15, -0.1) is 0 Å². The molecule has 0 radical (unpaired) electrons. The van der Waals surface area contributed by atoms with E-state index in [1.54, 1.807) is 7.11 Å². The molecular weight excluding hydrogens is 484 g/mol. The summed E-state index contributed by atoms with van der Waals surface area (Å²) in [5.41, 5.74) is 2.91. The smallest absolute Gasteiger partial charge is 0.254 e. The van der Waals surface area contributed by atoms with Crippen LogP contribution in [0.2, 0.25) is 5.02 Å². The van der Waals surface area contributed by atoms with Gasteiger partial charge in [0.15, 0.2) is 0 Å². The fourth-order valence-electron chi connectivity index (χ4n) is 4.84. The lowest BCUT2D eigenvalue weighted by atomic mass is 10.0. The van der Waals surface area contributed by atoms with Crippen LogP contribution in [-0.2, 0) is 11.3 Å². The Kier molecular flexibility index (Phi) is 8.05. The van der Waals surface area contributed by atoms with Gasteiger partial charge < -0.3 is 14.4 Å². The van der Waals surface area contributed by atoms with Gasteiger partial charge in [-0.3, -0.25) is 9.69 Å². The highest BCUT2D eigenvalue weighted by molar-refractivity contribution is 6.30. The van der Waals surface area contributed by atoms with E-state index in [4.69, 9.17) is 21.1 Å². The third kappa shape index (κ3) is 6.13. The van der Waals surface area contributed by atoms with Crippen molar-refractivity contribution in [2.24, 2.45) is 0 Å².